The largest absolute Gasteiger partial charge is 0.309 e. The summed E-state index contributed by atoms with van der Waals surface area (Å²) in [5.41, 5.74) is 1.03. The first-order valence-electron chi connectivity index (χ1n) is 4.18. The number of pyridine rings is 1. The Morgan fingerprint density at radius 2 is 2.23 bits per heavy atom. The monoisotopic (exact) mass is 195 g/mol. The maximum Gasteiger partial charge on any atom is 0.250 e. The lowest BCUT2D eigenvalue weighted by Crippen LogP contribution is -2.19. The summed E-state index contributed by atoms with van der Waals surface area (Å²) in [6.45, 7) is 2.56. The van der Waals surface area contributed by atoms with Crippen molar-refractivity contribution in [3.05, 3.63) is 46.4 Å². The Kier molecular flexibility index (Phi) is 3.83. The Morgan fingerprint density at radius 1 is 1.46 bits per heavy atom. The van der Waals surface area contributed by atoms with Gasteiger partial charge in [0.15, 0.2) is 0 Å². The zero-order valence-corrected chi connectivity index (χ0v) is 8.50. The lowest BCUT2D eigenvalue weighted by atomic mass is 10.3. The summed E-state index contributed by atoms with van der Waals surface area (Å²) in [5.74, 6) is 0.709. The molecule has 70 valence electrons. The van der Waals surface area contributed by atoms with Gasteiger partial charge in [-0.1, -0.05) is 18.2 Å². The summed E-state index contributed by atoms with van der Waals surface area (Å²) < 4.78 is 1.72. The van der Waals surface area contributed by atoms with E-state index < -0.39 is 0 Å². The molecule has 0 saturated carbocycles. The lowest BCUT2D eigenvalue weighted by molar-refractivity contribution is 0.746. The van der Waals surface area contributed by atoms with E-state index >= 15 is 0 Å². The molecular formula is C10H13NOS. The molecule has 0 spiro atoms. The van der Waals surface area contributed by atoms with Gasteiger partial charge in [0.1, 0.15) is 0 Å². The third-order valence-electron chi connectivity index (χ3n) is 1.83. The SMILES string of the molecule is Cc1cccc(=O)n1C/C=C/CS. The molecule has 0 radical (unpaired) electrons. The van der Waals surface area contributed by atoms with Gasteiger partial charge in [-0.2, -0.15) is 12.6 Å². The molecule has 1 rings (SSSR count). The van der Waals surface area contributed by atoms with Gasteiger partial charge < -0.3 is 4.57 Å². The van der Waals surface area contributed by atoms with Crippen LogP contribution in [0.3, 0.4) is 0 Å². The van der Waals surface area contributed by atoms with Gasteiger partial charge in [0.2, 0.25) is 0 Å². The highest BCUT2D eigenvalue weighted by molar-refractivity contribution is 7.80. The van der Waals surface area contributed by atoms with E-state index in [-0.39, 0.29) is 5.56 Å². The van der Waals surface area contributed by atoms with Gasteiger partial charge in [0.05, 0.1) is 0 Å². The smallest absolute Gasteiger partial charge is 0.250 e. The molecule has 13 heavy (non-hydrogen) atoms. The van der Waals surface area contributed by atoms with Crippen molar-refractivity contribution in [2.24, 2.45) is 0 Å². The van der Waals surface area contributed by atoms with Crippen LogP contribution in [0.25, 0.3) is 0 Å². The van der Waals surface area contributed by atoms with E-state index in [1.165, 1.54) is 0 Å². The maximum atomic E-state index is 11.3. The quantitative estimate of drug-likeness (QED) is 0.575. The Morgan fingerprint density at radius 3 is 2.85 bits per heavy atom. The van der Waals surface area contributed by atoms with E-state index in [4.69, 9.17) is 0 Å². The zero-order valence-electron chi connectivity index (χ0n) is 7.60. The average molecular weight is 195 g/mol. The molecule has 0 fully saturated rings. The maximum absolute atomic E-state index is 11.3. The number of aromatic nitrogens is 1. The Bertz CT molecular complexity index is 354. The van der Waals surface area contributed by atoms with Crippen LogP contribution in [0.2, 0.25) is 0 Å². The van der Waals surface area contributed by atoms with Crippen LogP contribution >= 0.6 is 12.6 Å². The van der Waals surface area contributed by atoms with E-state index in [1.54, 1.807) is 16.7 Å². The standard InChI is InChI=1S/C10H13NOS/c1-9-5-4-6-10(12)11(9)7-2-3-8-13/h2-6,13H,7-8H2,1H3/b3-2+. The first-order chi connectivity index (χ1) is 6.25. The van der Waals surface area contributed by atoms with E-state index in [0.717, 1.165) is 5.69 Å². The van der Waals surface area contributed by atoms with E-state index in [2.05, 4.69) is 12.6 Å². The molecule has 0 aliphatic carbocycles. The summed E-state index contributed by atoms with van der Waals surface area (Å²) in [5, 5.41) is 0. The van der Waals surface area contributed by atoms with Crippen molar-refractivity contribution < 1.29 is 0 Å². The minimum Gasteiger partial charge on any atom is -0.309 e. The van der Waals surface area contributed by atoms with Crippen LogP contribution in [0.1, 0.15) is 5.69 Å². The minimum absolute atomic E-state index is 0.0452. The van der Waals surface area contributed by atoms with Crippen LogP contribution in [0.5, 0.6) is 0 Å². The molecule has 2 nitrogen and oxygen atoms in total. The predicted octanol–water partition coefficient (Wildman–Crippen LogP) is 1.64. The van der Waals surface area contributed by atoms with E-state index in [1.807, 2.05) is 25.1 Å². The molecule has 0 bridgehead atoms. The van der Waals surface area contributed by atoms with Crippen molar-refractivity contribution in [2.75, 3.05) is 5.75 Å². The minimum atomic E-state index is 0.0452. The molecule has 0 aliphatic heterocycles. The number of nitrogens with zero attached hydrogens (tertiary/aromatic N) is 1. The molecule has 0 amide bonds. The number of hydrogen-bond donors (Lipinski definition) is 1. The highest BCUT2D eigenvalue weighted by atomic mass is 32.1. The second-order valence-corrected chi connectivity index (χ2v) is 3.14. The van der Waals surface area contributed by atoms with Crippen molar-refractivity contribution in [3.8, 4) is 0 Å². The summed E-state index contributed by atoms with van der Waals surface area (Å²) >= 11 is 4.04. The fourth-order valence-electron chi connectivity index (χ4n) is 1.11. The number of thiol groups is 1. The average Bonchev–Trinajstić information content (AvgIpc) is 2.10. The van der Waals surface area contributed by atoms with Crippen molar-refractivity contribution in [2.45, 2.75) is 13.5 Å². The van der Waals surface area contributed by atoms with Crippen molar-refractivity contribution in [3.63, 3.8) is 0 Å². The molecule has 0 atom stereocenters. The summed E-state index contributed by atoms with van der Waals surface area (Å²) in [7, 11) is 0. The molecule has 1 heterocycles. The zero-order chi connectivity index (χ0) is 9.68. The van der Waals surface area contributed by atoms with Crippen LogP contribution < -0.4 is 5.56 Å². The van der Waals surface area contributed by atoms with Gasteiger partial charge in [-0.3, -0.25) is 4.79 Å². The Labute approximate surface area is 83.3 Å². The second kappa shape index (κ2) is 4.92. The summed E-state index contributed by atoms with van der Waals surface area (Å²) in [4.78, 5) is 11.3. The van der Waals surface area contributed by atoms with Gasteiger partial charge in [-0.05, 0) is 13.0 Å². The molecule has 3 heteroatoms. The van der Waals surface area contributed by atoms with Crippen molar-refractivity contribution in [1.29, 1.82) is 0 Å². The van der Waals surface area contributed by atoms with Crippen LogP contribution in [-0.4, -0.2) is 10.3 Å². The molecule has 0 unspecified atom stereocenters. The van der Waals surface area contributed by atoms with Gasteiger partial charge >= 0.3 is 0 Å². The third kappa shape index (κ3) is 2.77. The van der Waals surface area contributed by atoms with E-state index in [9.17, 15) is 4.79 Å². The number of rotatable bonds is 3. The number of allylic oxidation sites excluding steroid dienone is 1. The first-order valence-corrected chi connectivity index (χ1v) is 4.81. The van der Waals surface area contributed by atoms with Crippen LogP contribution in [-0.2, 0) is 6.54 Å². The molecular weight excluding hydrogens is 182 g/mol. The normalized spacial score (nSPS) is 10.9. The molecule has 1 aromatic heterocycles. The molecule has 1 aromatic rings. The fraction of sp³-hybridized carbons (Fsp3) is 0.300. The number of hydrogen-bond acceptors (Lipinski definition) is 2. The second-order valence-electron chi connectivity index (χ2n) is 2.77. The highest BCUT2D eigenvalue weighted by Crippen LogP contribution is 1.93. The fourth-order valence-corrected chi connectivity index (χ4v) is 1.26. The highest BCUT2D eigenvalue weighted by Gasteiger charge is 1.94. The van der Waals surface area contributed by atoms with Crippen molar-refractivity contribution in [1.82, 2.24) is 4.57 Å². The van der Waals surface area contributed by atoms with Crippen LogP contribution in [0.4, 0.5) is 0 Å². The van der Waals surface area contributed by atoms with Crippen LogP contribution in [0.15, 0.2) is 35.1 Å². The molecule has 0 N–H and O–H groups in total. The lowest BCUT2D eigenvalue weighted by Gasteiger charge is -2.04. The predicted molar refractivity (Wildman–Crippen MR) is 58.4 cm³/mol. The summed E-state index contributed by atoms with van der Waals surface area (Å²) in [6.07, 6.45) is 3.88. The Balaban J connectivity index is 2.87. The van der Waals surface area contributed by atoms with Gasteiger partial charge in [0, 0.05) is 24.1 Å². The van der Waals surface area contributed by atoms with Crippen LogP contribution in [0, 0.1) is 6.92 Å². The van der Waals surface area contributed by atoms with Gasteiger partial charge in [-0.25, -0.2) is 0 Å². The topological polar surface area (TPSA) is 22.0 Å². The number of aryl methyl sites for hydroxylation is 1. The molecule has 0 aromatic carbocycles. The third-order valence-corrected chi connectivity index (χ3v) is 2.04. The summed E-state index contributed by atoms with van der Waals surface area (Å²) in [6, 6.07) is 5.27. The first kappa shape index (κ1) is 10.1. The molecule has 0 saturated heterocycles. The Hall–Kier alpha value is -0.960. The van der Waals surface area contributed by atoms with Gasteiger partial charge in [0.25, 0.3) is 5.56 Å². The van der Waals surface area contributed by atoms with Gasteiger partial charge in [-0.15, -0.1) is 0 Å². The van der Waals surface area contributed by atoms with E-state index in [0.29, 0.717) is 12.3 Å². The van der Waals surface area contributed by atoms with Crippen molar-refractivity contribution >= 4 is 12.6 Å². The molecule has 0 aliphatic rings.